The number of fused-ring (bicyclic) bond motifs is 4. The zero-order chi connectivity index (χ0) is 24.8. The van der Waals surface area contributed by atoms with Gasteiger partial charge in [-0.3, -0.25) is 4.79 Å². The molecule has 0 aliphatic heterocycles. The SMILES string of the molecule is CC#C[C@@]1(O)CC[C@H]2[C@@H]3CCC4=CC(=O)CCC4=C3[C@@H](c3ccc(OCCN(C)C)cc3)C[C@@]21C. The highest BCUT2D eigenvalue weighted by molar-refractivity contribution is 5.93. The van der Waals surface area contributed by atoms with Crippen LogP contribution in [-0.4, -0.2) is 48.6 Å². The Kier molecular flexibility index (Phi) is 6.45. The number of carbonyl (C=O) groups excluding carboxylic acids is 1. The molecule has 0 spiro atoms. The monoisotopic (exact) mass is 473 g/mol. The summed E-state index contributed by atoms with van der Waals surface area (Å²) in [7, 11) is 4.10. The molecule has 4 aliphatic rings. The second-order valence-corrected chi connectivity index (χ2v) is 11.5. The fourth-order valence-corrected chi connectivity index (χ4v) is 7.52. The number of likely N-dealkylation sites (N-methyl/N-ethyl adjacent to an activating group) is 1. The predicted octanol–water partition coefficient (Wildman–Crippen LogP) is 5.28. The fraction of sp³-hybridized carbons (Fsp3) is 0.581. The molecule has 1 aromatic carbocycles. The molecule has 4 heteroatoms. The first-order valence-corrected chi connectivity index (χ1v) is 13.3. The van der Waals surface area contributed by atoms with Crippen LogP contribution in [0.5, 0.6) is 5.75 Å². The topological polar surface area (TPSA) is 49.8 Å². The Morgan fingerprint density at radius 2 is 1.91 bits per heavy atom. The molecule has 2 fully saturated rings. The van der Waals surface area contributed by atoms with Crippen LogP contribution in [0.2, 0.25) is 0 Å². The first-order chi connectivity index (χ1) is 16.8. The van der Waals surface area contributed by atoms with Gasteiger partial charge in [0, 0.05) is 24.3 Å². The van der Waals surface area contributed by atoms with Crippen LogP contribution in [0.25, 0.3) is 0 Å². The van der Waals surface area contributed by atoms with E-state index in [0.29, 0.717) is 24.9 Å². The lowest BCUT2D eigenvalue weighted by atomic mass is 9.51. The standard InChI is InChI=1S/C31H39NO3/c1-5-15-31(34)16-14-28-26-12-8-22-19-23(33)9-13-25(22)29(26)27(20-30(28,31)2)21-6-10-24(11-7-21)35-18-17-32(3)4/h6-7,10-11,19,26-28,34H,8-9,12-14,16-18,20H2,1-4H3/t26-,27+,28-,30-,31+/m0/s1. The average molecular weight is 474 g/mol. The molecular weight excluding hydrogens is 434 g/mol. The minimum atomic E-state index is -0.936. The van der Waals surface area contributed by atoms with Gasteiger partial charge in [-0.25, -0.2) is 0 Å². The van der Waals surface area contributed by atoms with Gasteiger partial charge in [-0.2, -0.15) is 0 Å². The van der Waals surface area contributed by atoms with E-state index >= 15 is 0 Å². The third kappa shape index (κ3) is 4.17. The molecule has 0 amide bonds. The van der Waals surface area contributed by atoms with Crippen molar-refractivity contribution in [2.75, 3.05) is 27.2 Å². The van der Waals surface area contributed by atoms with Crippen molar-refractivity contribution in [2.45, 2.75) is 70.3 Å². The van der Waals surface area contributed by atoms with Gasteiger partial charge in [-0.15, -0.1) is 5.92 Å². The lowest BCUT2D eigenvalue weighted by Crippen LogP contribution is -2.51. The maximum atomic E-state index is 12.2. The Morgan fingerprint density at radius 3 is 2.63 bits per heavy atom. The van der Waals surface area contributed by atoms with E-state index in [-0.39, 0.29) is 17.1 Å². The predicted molar refractivity (Wildman–Crippen MR) is 139 cm³/mol. The molecule has 35 heavy (non-hydrogen) atoms. The van der Waals surface area contributed by atoms with Crippen LogP contribution in [0.4, 0.5) is 0 Å². The van der Waals surface area contributed by atoms with Crippen molar-refractivity contribution < 1.29 is 14.6 Å². The number of nitrogens with zero attached hydrogens (tertiary/aromatic N) is 1. The average Bonchev–Trinajstić information content (AvgIpc) is 3.09. The summed E-state index contributed by atoms with van der Waals surface area (Å²) in [6, 6.07) is 8.62. The second-order valence-electron chi connectivity index (χ2n) is 11.5. The van der Waals surface area contributed by atoms with Gasteiger partial charge >= 0.3 is 0 Å². The number of rotatable bonds is 5. The van der Waals surface area contributed by atoms with E-state index in [1.165, 1.54) is 16.7 Å². The number of ether oxygens (including phenoxy) is 1. The van der Waals surface area contributed by atoms with Gasteiger partial charge in [0.05, 0.1) is 0 Å². The van der Waals surface area contributed by atoms with Gasteiger partial charge < -0.3 is 14.7 Å². The molecular formula is C31H39NO3. The van der Waals surface area contributed by atoms with Crippen molar-refractivity contribution in [3.05, 3.63) is 52.6 Å². The van der Waals surface area contributed by atoms with Gasteiger partial charge in [-0.1, -0.05) is 30.6 Å². The van der Waals surface area contributed by atoms with Crippen LogP contribution in [0.3, 0.4) is 0 Å². The molecule has 186 valence electrons. The van der Waals surface area contributed by atoms with Crippen molar-refractivity contribution in [3.8, 4) is 17.6 Å². The van der Waals surface area contributed by atoms with Crippen molar-refractivity contribution in [2.24, 2.45) is 17.3 Å². The number of benzene rings is 1. The minimum absolute atomic E-state index is 0.229. The molecule has 0 unspecified atom stereocenters. The summed E-state index contributed by atoms with van der Waals surface area (Å²) in [5, 5.41) is 11.8. The number of ketones is 1. The molecule has 0 saturated heterocycles. The molecule has 0 heterocycles. The maximum absolute atomic E-state index is 12.2. The summed E-state index contributed by atoms with van der Waals surface area (Å²) < 4.78 is 5.96. The molecule has 1 aromatic rings. The number of hydrogen-bond acceptors (Lipinski definition) is 4. The van der Waals surface area contributed by atoms with Crippen LogP contribution < -0.4 is 4.74 Å². The van der Waals surface area contributed by atoms with Gasteiger partial charge in [0.25, 0.3) is 0 Å². The van der Waals surface area contributed by atoms with E-state index in [1.54, 1.807) is 5.57 Å². The molecule has 0 bridgehead atoms. The summed E-state index contributed by atoms with van der Waals surface area (Å²) in [6.07, 6.45) is 8.10. The Balaban J connectivity index is 1.55. The van der Waals surface area contributed by atoms with Gasteiger partial charge in [0.15, 0.2) is 5.78 Å². The van der Waals surface area contributed by atoms with Crippen molar-refractivity contribution in [1.29, 1.82) is 0 Å². The first-order valence-electron chi connectivity index (χ1n) is 13.3. The molecule has 4 nitrogen and oxygen atoms in total. The summed E-state index contributed by atoms with van der Waals surface area (Å²) >= 11 is 0. The minimum Gasteiger partial charge on any atom is -0.492 e. The third-order valence-electron chi connectivity index (χ3n) is 9.31. The zero-order valence-corrected chi connectivity index (χ0v) is 21.7. The summed E-state index contributed by atoms with van der Waals surface area (Å²) in [4.78, 5) is 14.3. The highest BCUT2D eigenvalue weighted by Crippen LogP contribution is 2.66. The summed E-state index contributed by atoms with van der Waals surface area (Å²) in [5.41, 5.74) is 4.36. The van der Waals surface area contributed by atoms with Crippen molar-refractivity contribution in [1.82, 2.24) is 4.90 Å². The van der Waals surface area contributed by atoms with Crippen LogP contribution in [0.1, 0.15) is 70.3 Å². The van der Waals surface area contributed by atoms with E-state index in [1.807, 2.05) is 27.1 Å². The molecule has 2 saturated carbocycles. The second kappa shape index (κ2) is 9.26. The van der Waals surface area contributed by atoms with E-state index in [4.69, 9.17) is 4.74 Å². The van der Waals surface area contributed by atoms with Gasteiger partial charge in [0.2, 0.25) is 0 Å². The van der Waals surface area contributed by atoms with Crippen molar-refractivity contribution >= 4 is 5.78 Å². The number of allylic oxidation sites excluding steroid dienone is 4. The van der Waals surface area contributed by atoms with Gasteiger partial charge in [-0.05, 0) is 106 Å². The molecule has 4 aliphatic carbocycles. The lowest BCUT2D eigenvalue weighted by Gasteiger charge is -2.53. The van der Waals surface area contributed by atoms with Crippen LogP contribution in [-0.2, 0) is 4.79 Å². The van der Waals surface area contributed by atoms with Crippen molar-refractivity contribution in [3.63, 3.8) is 0 Å². The quantitative estimate of drug-likeness (QED) is 0.591. The first kappa shape index (κ1) is 24.3. The molecule has 1 N–H and O–H groups in total. The highest BCUT2D eigenvalue weighted by atomic mass is 16.5. The maximum Gasteiger partial charge on any atom is 0.156 e. The smallest absolute Gasteiger partial charge is 0.156 e. The van der Waals surface area contributed by atoms with Gasteiger partial charge in [0.1, 0.15) is 18.0 Å². The normalized spacial score (nSPS) is 33.9. The molecule has 0 radical (unpaired) electrons. The van der Waals surface area contributed by atoms with Crippen LogP contribution in [0.15, 0.2) is 47.1 Å². The largest absolute Gasteiger partial charge is 0.492 e. The number of carbonyl (C=O) groups is 1. The molecule has 5 atom stereocenters. The Morgan fingerprint density at radius 1 is 1.14 bits per heavy atom. The van der Waals surface area contributed by atoms with Crippen LogP contribution >= 0.6 is 0 Å². The highest BCUT2D eigenvalue weighted by Gasteiger charge is 2.62. The number of hydrogen-bond donors (Lipinski definition) is 1. The van der Waals surface area contributed by atoms with E-state index in [0.717, 1.165) is 50.8 Å². The number of aliphatic hydroxyl groups is 1. The summed E-state index contributed by atoms with van der Waals surface area (Å²) in [6.45, 7) is 5.68. The lowest BCUT2D eigenvalue weighted by molar-refractivity contribution is -0.114. The fourth-order valence-electron chi connectivity index (χ4n) is 7.52. The Hall–Kier alpha value is -2.35. The van der Waals surface area contributed by atoms with Crippen LogP contribution in [0, 0.1) is 29.1 Å². The summed E-state index contributed by atoms with van der Waals surface area (Å²) in [5.74, 6) is 8.55. The Labute approximate surface area is 210 Å². The Bertz CT molecular complexity index is 1120. The van der Waals surface area contributed by atoms with E-state index < -0.39 is 5.60 Å². The zero-order valence-electron chi connectivity index (χ0n) is 21.7. The molecule has 5 rings (SSSR count). The van der Waals surface area contributed by atoms with E-state index in [2.05, 4.69) is 47.9 Å². The third-order valence-corrected chi connectivity index (χ3v) is 9.31. The van der Waals surface area contributed by atoms with E-state index in [9.17, 15) is 9.90 Å². The molecule has 0 aromatic heterocycles.